The van der Waals surface area contributed by atoms with E-state index in [0.29, 0.717) is 13.2 Å². The monoisotopic (exact) mass is 345 g/mol. The van der Waals surface area contributed by atoms with Gasteiger partial charge < -0.3 is 10.1 Å². The molecule has 7 heteroatoms. The van der Waals surface area contributed by atoms with Gasteiger partial charge in [0.05, 0.1) is 12.2 Å². The average molecular weight is 345 g/mol. The highest BCUT2D eigenvalue weighted by Crippen LogP contribution is 2.13. The van der Waals surface area contributed by atoms with Gasteiger partial charge in [-0.25, -0.2) is 4.79 Å². The van der Waals surface area contributed by atoms with Crippen LogP contribution in [0.1, 0.15) is 31.9 Å². The summed E-state index contributed by atoms with van der Waals surface area (Å²) in [6, 6.07) is 8.96. The van der Waals surface area contributed by atoms with Crippen molar-refractivity contribution in [2.24, 2.45) is 0 Å². The van der Waals surface area contributed by atoms with Crippen LogP contribution in [0.3, 0.4) is 0 Å². The lowest BCUT2D eigenvalue weighted by Crippen LogP contribution is -2.35. The summed E-state index contributed by atoms with van der Waals surface area (Å²) in [7, 11) is 0. The second-order valence-corrected chi connectivity index (χ2v) is 6.74. The fraction of sp³-hybridized carbons (Fsp3) is 0.389. The molecule has 0 fully saturated rings. The highest BCUT2D eigenvalue weighted by atomic mass is 16.5. The molecule has 0 atom stereocenters. The standard InChI is InChI=1S/C18H23N3O4/c1-18(2,3)25-12-14-6-4-5-13(9-14)10-19-16(23)11-21-8-7-15(22)20-17(21)24/h4-9H,10-12H2,1-3H3,(H,19,23)(H,20,22,24). The zero-order valence-electron chi connectivity index (χ0n) is 14.7. The maximum atomic E-state index is 12.0. The fourth-order valence-corrected chi connectivity index (χ4v) is 2.11. The van der Waals surface area contributed by atoms with Gasteiger partial charge in [0.15, 0.2) is 0 Å². The molecule has 0 unspecified atom stereocenters. The van der Waals surface area contributed by atoms with Crippen LogP contribution in [0.2, 0.25) is 0 Å². The van der Waals surface area contributed by atoms with E-state index >= 15 is 0 Å². The number of carbonyl (C=O) groups excluding carboxylic acids is 1. The van der Waals surface area contributed by atoms with Crippen LogP contribution in [-0.2, 0) is 29.2 Å². The van der Waals surface area contributed by atoms with Gasteiger partial charge in [-0.05, 0) is 31.9 Å². The molecule has 7 nitrogen and oxygen atoms in total. The number of hydrogen-bond donors (Lipinski definition) is 2. The van der Waals surface area contributed by atoms with Crippen LogP contribution in [0.4, 0.5) is 0 Å². The van der Waals surface area contributed by atoms with Crippen molar-refractivity contribution in [3.63, 3.8) is 0 Å². The average Bonchev–Trinajstić information content (AvgIpc) is 2.53. The Bertz CT molecular complexity index is 846. The predicted molar refractivity (Wildman–Crippen MR) is 94.2 cm³/mol. The quantitative estimate of drug-likeness (QED) is 0.822. The molecule has 1 aromatic heterocycles. The first kappa shape index (κ1) is 18.7. The van der Waals surface area contributed by atoms with E-state index in [-0.39, 0.29) is 18.1 Å². The first-order valence-electron chi connectivity index (χ1n) is 8.01. The number of benzene rings is 1. The molecule has 1 aromatic carbocycles. The van der Waals surface area contributed by atoms with E-state index in [9.17, 15) is 14.4 Å². The molecule has 1 heterocycles. The highest BCUT2D eigenvalue weighted by Gasteiger charge is 2.10. The van der Waals surface area contributed by atoms with Crippen molar-refractivity contribution in [1.29, 1.82) is 0 Å². The van der Waals surface area contributed by atoms with Crippen molar-refractivity contribution in [2.75, 3.05) is 0 Å². The van der Waals surface area contributed by atoms with Gasteiger partial charge in [0.2, 0.25) is 5.91 Å². The number of ether oxygens (including phenoxy) is 1. The number of amides is 1. The molecule has 0 aliphatic carbocycles. The maximum Gasteiger partial charge on any atom is 0.328 e. The molecule has 0 spiro atoms. The van der Waals surface area contributed by atoms with Crippen molar-refractivity contribution in [2.45, 2.75) is 46.1 Å². The van der Waals surface area contributed by atoms with Crippen LogP contribution in [0.15, 0.2) is 46.1 Å². The minimum Gasteiger partial charge on any atom is -0.371 e. The molecule has 0 radical (unpaired) electrons. The summed E-state index contributed by atoms with van der Waals surface area (Å²) in [5.74, 6) is -0.314. The summed E-state index contributed by atoms with van der Waals surface area (Å²) < 4.78 is 6.89. The van der Waals surface area contributed by atoms with Gasteiger partial charge in [0.25, 0.3) is 5.56 Å². The maximum absolute atomic E-state index is 12.0. The third-order valence-electron chi connectivity index (χ3n) is 3.36. The molecular formula is C18H23N3O4. The largest absolute Gasteiger partial charge is 0.371 e. The zero-order valence-corrected chi connectivity index (χ0v) is 14.7. The molecule has 0 aliphatic rings. The van der Waals surface area contributed by atoms with Gasteiger partial charge >= 0.3 is 5.69 Å². The van der Waals surface area contributed by atoms with Crippen LogP contribution in [0.5, 0.6) is 0 Å². The topological polar surface area (TPSA) is 93.2 Å². The Morgan fingerprint density at radius 3 is 2.60 bits per heavy atom. The van der Waals surface area contributed by atoms with Gasteiger partial charge in [-0.3, -0.25) is 19.1 Å². The second kappa shape index (κ2) is 7.94. The Morgan fingerprint density at radius 1 is 1.20 bits per heavy atom. The van der Waals surface area contributed by atoms with Crippen molar-refractivity contribution < 1.29 is 9.53 Å². The van der Waals surface area contributed by atoms with Crippen molar-refractivity contribution in [3.05, 3.63) is 68.5 Å². The van der Waals surface area contributed by atoms with Crippen molar-refractivity contribution >= 4 is 5.91 Å². The SMILES string of the molecule is CC(C)(C)OCc1cccc(CNC(=O)Cn2ccc(=O)[nH]c2=O)c1. The second-order valence-electron chi connectivity index (χ2n) is 6.74. The van der Waals surface area contributed by atoms with Gasteiger partial charge in [-0.1, -0.05) is 24.3 Å². The molecule has 0 bridgehead atoms. The van der Waals surface area contributed by atoms with E-state index in [0.717, 1.165) is 15.7 Å². The molecule has 0 saturated heterocycles. The van der Waals surface area contributed by atoms with E-state index < -0.39 is 11.2 Å². The van der Waals surface area contributed by atoms with Crippen LogP contribution < -0.4 is 16.6 Å². The molecular weight excluding hydrogens is 322 g/mol. The minimum atomic E-state index is -0.607. The molecule has 25 heavy (non-hydrogen) atoms. The number of nitrogens with one attached hydrogen (secondary N) is 2. The lowest BCUT2D eigenvalue weighted by Gasteiger charge is -2.19. The van der Waals surface area contributed by atoms with Crippen LogP contribution in [0.25, 0.3) is 0 Å². The summed E-state index contributed by atoms with van der Waals surface area (Å²) in [6.45, 7) is 6.68. The summed E-state index contributed by atoms with van der Waals surface area (Å²) in [5, 5.41) is 2.76. The lowest BCUT2D eigenvalue weighted by atomic mass is 10.1. The van der Waals surface area contributed by atoms with Crippen LogP contribution in [0, 0.1) is 0 Å². The number of nitrogens with zero attached hydrogens (tertiary/aromatic N) is 1. The Balaban J connectivity index is 1.91. The van der Waals surface area contributed by atoms with Crippen LogP contribution in [-0.4, -0.2) is 21.1 Å². The molecule has 1 amide bonds. The van der Waals surface area contributed by atoms with Gasteiger partial charge in [-0.2, -0.15) is 0 Å². The predicted octanol–water partition coefficient (Wildman–Crippen LogP) is 1.17. The number of aromatic nitrogens is 2. The minimum absolute atomic E-state index is 0.150. The highest BCUT2D eigenvalue weighted by molar-refractivity contribution is 5.75. The van der Waals surface area contributed by atoms with Gasteiger partial charge in [0.1, 0.15) is 6.54 Å². The number of rotatable bonds is 6. The van der Waals surface area contributed by atoms with Crippen molar-refractivity contribution in [3.8, 4) is 0 Å². The first-order chi connectivity index (χ1) is 11.7. The zero-order chi connectivity index (χ0) is 18.4. The number of H-pyrrole nitrogens is 1. The molecule has 2 rings (SSSR count). The summed E-state index contributed by atoms with van der Waals surface area (Å²) in [5.41, 5.74) is 0.657. The van der Waals surface area contributed by atoms with E-state index in [1.54, 1.807) is 0 Å². The van der Waals surface area contributed by atoms with Crippen LogP contribution >= 0.6 is 0 Å². The Morgan fingerprint density at radius 2 is 1.92 bits per heavy atom. The summed E-state index contributed by atoms with van der Waals surface area (Å²) >= 11 is 0. The number of hydrogen-bond acceptors (Lipinski definition) is 4. The molecule has 2 N–H and O–H groups in total. The van der Waals surface area contributed by atoms with Crippen molar-refractivity contribution in [1.82, 2.24) is 14.9 Å². The first-order valence-corrected chi connectivity index (χ1v) is 8.01. The Kier molecular flexibility index (Phi) is 5.93. The summed E-state index contributed by atoms with van der Waals surface area (Å²) in [4.78, 5) is 36.7. The lowest BCUT2D eigenvalue weighted by molar-refractivity contribution is -0.121. The van der Waals surface area contributed by atoms with Gasteiger partial charge in [0, 0.05) is 18.8 Å². The molecule has 0 saturated carbocycles. The molecule has 2 aromatic rings. The van der Waals surface area contributed by atoms with E-state index in [2.05, 4.69) is 10.3 Å². The smallest absolute Gasteiger partial charge is 0.328 e. The number of carbonyl (C=O) groups is 1. The third kappa shape index (κ3) is 6.39. The third-order valence-corrected chi connectivity index (χ3v) is 3.36. The molecule has 0 aliphatic heterocycles. The van der Waals surface area contributed by atoms with E-state index in [1.807, 2.05) is 45.0 Å². The molecule has 134 valence electrons. The van der Waals surface area contributed by atoms with Gasteiger partial charge in [-0.15, -0.1) is 0 Å². The Hall–Kier alpha value is -2.67. The normalized spacial score (nSPS) is 11.3. The number of aromatic amines is 1. The Labute approximate surface area is 145 Å². The van der Waals surface area contributed by atoms with E-state index in [1.165, 1.54) is 12.3 Å². The summed E-state index contributed by atoms with van der Waals surface area (Å²) in [6.07, 6.45) is 1.30. The van der Waals surface area contributed by atoms with E-state index in [4.69, 9.17) is 4.74 Å². The fourth-order valence-electron chi connectivity index (χ4n) is 2.11.